The normalized spacial score (nSPS) is 10.2. The predicted molar refractivity (Wildman–Crippen MR) is 80.6 cm³/mol. The molecule has 1 amide bonds. The van der Waals surface area contributed by atoms with Crippen LogP contribution in [-0.2, 0) is 0 Å². The molecular formula is C13H10BrN3O3S. The fourth-order valence-electron chi connectivity index (χ4n) is 1.48. The number of carboxylic acid groups (broad SMARTS) is 1. The van der Waals surface area contributed by atoms with Crippen LogP contribution in [0, 0.1) is 0 Å². The number of halogens is 1. The molecule has 0 spiro atoms. The Morgan fingerprint density at radius 1 is 1.24 bits per heavy atom. The third-order valence-electron chi connectivity index (χ3n) is 2.49. The molecular weight excluding hydrogens is 358 g/mol. The average molecular weight is 368 g/mol. The van der Waals surface area contributed by atoms with E-state index in [-0.39, 0.29) is 17.2 Å². The van der Waals surface area contributed by atoms with Crippen molar-refractivity contribution in [2.75, 3.05) is 7.05 Å². The Balaban J connectivity index is 2.20. The molecule has 0 radical (unpaired) electrons. The van der Waals surface area contributed by atoms with Gasteiger partial charge in [-0.15, -0.1) is 10.2 Å². The lowest BCUT2D eigenvalue weighted by Crippen LogP contribution is -2.19. The molecule has 2 rings (SSSR count). The van der Waals surface area contributed by atoms with E-state index in [9.17, 15) is 9.59 Å². The SMILES string of the molecule is CNC(=O)c1ccc(Sc2ccc(Br)c(C(=O)O)c2)nn1. The molecule has 108 valence electrons. The first-order valence-corrected chi connectivity index (χ1v) is 7.38. The van der Waals surface area contributed by atoms with Crippen molar-refractivity contribution in [1.29, 1.82) is 0 Å². The molecule has 0 saturated heterocycles. The number of nitrogens with one attached hydrogen (secondary N) is 1. The van der Waals surface area contributed by atoms with Crippen molar-refractivity contribution in [3.63, 3.8) is 0 Å². The molecule has 1 heterocycles. The summed E-state index contributed by atoms with van der Waals surface area (Å²) in [5, 5.41) is 19.8. The standard InChI is InChI=1S/C13H10BrN3O3S/c1-15-12(18)10-4-5-11(17-16-10)21-7-2-3-9(14)8(6-7)13(19)20/h2-6H,1H3,(H,15,18)(H,19,20). The minimum absolute atomic E-state index is 0.176. The number of nitrogens with zero attached hydrogens (tertiary/aromatic N) is 2. The van der Waals surface area contributed by atoms with Crippen LogP contribution in [0.4, 0.5) is 0 Å². The predicted octanol–water partition coefficient (Wildman–Crippen LogP) is 2.45. The summed E-state index contributed by atoms with van der Waals surface area (Å²) >= 11 is 4.45. The summed E-state index contributed by atoms with van der Waals surface area (Å²) in [7, 11) is 1.52. The van der Waals surface area contributed by atoms with E-state index in [2.05, 4.69) is 31.4 Å². The highest BCUT2D eigenvalue weighted by Crippen LogP contribution is 2.29. The Labute approximate surface area is 133 Å². The molecule has 2 N–H and O–H groups in total. The summed E-state index contributed by atoms with van der Waals surface area (Å²) in [5.41, 5.74) is 0.402. The van der Waals surface area contributed by atoms with Gasteiger partial charge in [0.25, 0.3) is 5.91 Å². The largest absolute Gasteiger partial charge is 0.478 e. The van der Waals surface area contributed by atoms with Crippen LogP contribution in [0.2, 0.25) is 0 Å². The van der Waals surface area contributed by atoms with Crippen LogP contribution in [0.5, 0.6) is 0 Å². The van der Waals surface area contributed by atoms with Crippen molar-refractivity contribution in [3.8, 4) is 0 Å². The summed E-state index contributed by atoms with van der Waals surface area (Å²) in [6, 6.07) is 8.20. The van der Waals surface area contributed by atoms with Gasteiger partial charge in [0.1, 0.15) is 5.03 Å². The molecule has 6 nitrogen and oxygen atoms in total. The molecule has 0 saturated carbocycles. The highest BCUT2D eigenvalue weighted by atomic mass is 79.9. The lowest BCUT2D eigenvalue weighted by molar-refractivity contribution is 0.0695. The number of aromatic nitrogens is 2. The Kier molecular flexibility index (Phi) is 4.92. The Bertz CT molecular complexity index is 692. The van der Waals surface area contributed by atoms with Crippen molar-refractivity contribution in [1.82, 2.24) is 15.5 Å². The van der Waals surface area contributed by atoms with E-state index < -0.39 is 5.97 Å². The molecule has 0 unspecified atom stereocenters. The number of hydrogen-bond acceptors (Lipinski definition) is 5. The van der Waals surface area contributed by atoms with Gasteiger partial charge in [-0.25, -0.2) is 4.79 Å². The maximum atomic E-state index is 11.3. The second-order valence-electron chi connectivity index (χ2n) is 3.88. The molecule has 0 fully saturated rings. The summed E-state index contributed by atoms with van der Waals surface area (Å²) in [5.74, 6) is -1.32. The zero-order valence-electron chi connectivity index (χ0n) is 10.8. The zero-order valence-corrected chi connectivity index (χ0v) is 13.2. The lowest BCUT2D eigenvalue weighted by Gasteiger charge is -2.04. The minimum atomic E-state index is -1.01. The molecule has 2 aromatic rings. The molecule has 0 aliphatic carbocycles. The van der Waals surface area contributed by atoms with Gasteiger partial charge >= 0.3 is 5.97 Å². The quantitative estimate of drug-likeness (QED) is 0.861. The number of carbonyl (C=O) groups excluding carboxylic acids is 1. The number of aromatic carboxylic acids is 1. The average Bonchev–Trinajstić information content (AvgIpc) is 2.49. The number of benzene rings is 1. The molecule has 0 atom stereocenters. The lowest BCUT2D eigenvalue weighted by atomic mass is 10.2. The van der Waals surface area contributed by atoms with Gasteiger partial charge in [-0.05, 0) is 46.3 Å². The van der Waals surface area contributed by atoms with Gasteiger partial charge in [-0.1, -0.05) is 11.8 Å². The third kappa shape index (κ3) is 3.79. The Hall–Kier alpha value is -1.93. The fraction of sp³-hybridized carbons (Fsp3) is 0.0769. The van der Waals surface area contributed by atoms with E-state index in [1.807, 2.05) is 0 Å². The molecule has 21 heavy (non-hydrogen) atoms. The first kappa shape index (κ1) is 15.5. The van der Waals surface area contributed by atoms with Crippen LogP contribution in [0.15, 0.2) is 44.7 Å². The van der Waals surface area contributed by atoms with E-state index in [1.165, 1.54) is 18.8 Å². The second kappa shape index (κ2) is 6.68. The number of hydrogen-bond donors (Lipinski definition) is 2. The molecule has 8 heteroatoms. The topological polar surface area (TPSA) is 92.2 Å². The summed E-state index contributed by atoms with van der Waals surface area (Å²) in [4.78, 5) is 23.1. The molecule has 1 aromatic heterocycles. The first-order chi connectivity index (χ1) is 10.0. The highest BCUT2D eigenvalue weighted by Gasteiger charge is 2.11. The van der Waals surface area contributed by atoms with Crippen LogP contribution >= 0.6 is 27.7 Å². The van der Waals surface area contributed by atoms with Gasteiger partial charge < -0.3 is 10.4 Å². The smallest absolute Gasteiger partial charge is 0.336 e. The molecule has 1 aromatic carbocycles. The maximum Gasteiger partial charge on any atom is 0.336 e. The van der Waals surface area contributed by atoms with Crippen LogP contribution in [-0.4, -0.2) is 34.2 Å². The number of carboxylic acids is 1. The molecule has 0 bridgehead atoms. The molecule has 0 aliphatic heterocycles. The minimum Gasteiger partial charge on any atom is -0.478 e. The van der Waals surface area contributed by atoms with E-state index in [0.717, 1.165) is 4.90 Å². The van der Waals surface area contributed by atoms with Crippen molar-refractivity contribution < 1.29 is 14.7 Å². The fourth-order valence-corrected chi connectivity index (χ4v) is 2.66. The van der Waals surface area contributed by atoms with Gasteiger partial charge in [0.05, 0.1) is 5.56 Å². The summed E-state index contributed by atoms with van der Waals surface area (Å²) in [6.07, 6.45) is 0. The van der Waals surface area contributed by atoms with Crippen molar-refractivity contribution in [2.45, 2.75) is 9.92 Å². The third-order valence-corrected chi connectivity index (χ3v) is 4.10. The van der Waals surface area contributed by atoms with Gasteiger partial charge in [-0.2, -0.15) is 0 Å². The van der Waals surface area contributed by atoms with E-state index >= 15 is 0 Å². The Morgan fingerprint density at radius 2 is 2.00 bits per heavy atom. The van der Waals surface area contributed by atoms with Gasteiger partial charge in [-0.3, -0.25) is 4.79 Å². The van der Waals surface area contributed by atoms with Crippen molar-refractivity contribution >= 4 is 39.6 Å². The van der Waals surface area contributed by atoms with E-state index in [4.69, 9.17) is 5.11 Å². The van der Waals surface area contributed by atoms with Gasteiger partial charge in [0, 0.05) is 16.4 Å². The summed E-state index contributed by atoms with van der Waals surface area (Å²) < 4.78 is 0.514. The highest BCUT2D eigenvalue weighted by molar-refractivity contribution is 9.10. The molecule has 0 aliphatic rings. The van der Waals surface area contributed by atoms with E-state index in [1.54, 1.807) is 30.3 Å². The second-order valence-corrected chi connectivity index (χ2v) is 5.83. The number of amides is 1. The zero-order chi connectivity index (χ0) is 15.4. The van der Waals surface area contributed by atoms with Gasteiger partial charge in [0.2, 0.25) is 0 Å². The van der Waals surface area contributed by atoms with Crippen LogP contribution in [0.3, 0.4) is 0 Å². The summed E-state index contributed by atoms with van der Waals surface area (Å²) in [6.45, 7) is 0. The number of carbonyl (C=O) groups is 2. The Morgan fingerprint density at radius 3 is 2.57 bits per heavy atom. The monoisotopic (exact) mass is 367 g/mol. The van der Waals surface area contributed by atoms with Crippen molar-refractivity contribution in [3.05, 3.63) is 46.1 Å². The van der Waals surface area contributed by atoms with Crippen LogP contribution in [0.25, 0.3) is 0 Å². The van der Waals surface area contributed by atoms with E-state index in [0.29, 0.717) is 9.50 Å². The van der Waals surface area contributed by atoms with Gasteiger partial charge in [0.15, 0.2) is 5.69 Å². The first-order valence-electron chi connectivity index (χ1n) is 5.78. The van der Waals surface area contributed by atoms with Crippen LogP contribution in [0.1, 0.15) is 20.8 Å². The van der Waals surface area contributed by atoms with Crippen molar-refractivity contribution in [2.24, 2.45) is 0 Å². The van der Waals surface area contributed by atoms with Crippen LogP contribution < -0.4 is 5.32 Å². The maximum absolute atomic E-state index is 11.3. The number of rotatable bonds is 4.